The summed E-state index contributed by atoms with van der Waals surface area (Å²) in [5.74, 6) is 0. The number of hydrogen-bond donors (Lipinski definition) is 0. The van der Waals surface area contributed by atoms with Gasteiger partial charge in [-0.05, 0) is 0 Å². The molecule has 0 aromatic rings. The maximum absolute atomic E-state index is 7.50. The van der Waals surface area contributed by atoms with E-state index in [0.29, 0.717) is 0 Å². The fourth-order valence-corrected chi connectivity index (χ4v) is 1.19. The number of carbonyl (C=O) groups excluding carboxylic acids is 3. The molecule has 1 aliphatic rings. The van der Waals surface area contributed by atoms with E-state index in [1.54, 1.807) is 19.8 Å². The van der Waals surface area contributed by atoms with Gasteiger partial charge in [-0.2, -0.15) is 0 Å². The van der Waals surface area contributed by atoms with Crippen LogP contribution in [0.1, 0.15) is 6.42 Å². The third kappa shape index (κ3) is 17.1. The average Bonchev–Trinajstić information content (AvgIpc) is 2.54. The van der Waals surface area contributed by atoms with Gasteiger partial charge in [0.15, 0.2) is 0 Å². The van der Waals surface area contributed by atoms with E-state index >= 15 is 0 Å². The van der Waals surface area contributed by atoms with Gasteiger partial charge < -0.3 is 0 Å². The van der Waals surface area contributed by atoms with E-state index < -0.39 is 0 Å². The zero-order chi connectivity index (χ0) is 11.8. The Morgan fingerprint density at radius 2 is 1.43 bits per heavy atom. The molecule has 0 aromatic carbocycles. The van der Waals surface area contributed by atoms with Gasteiger partial charge in [-0.1, -0.05) is 0 Å². The summed E-state index contributed by atoms with van der Waals surface area (Å²) >= 11 is 1.58. The molecule has 0 aliphatic heterocycles. The van der Waals surface area contributed by atoms with Crippen LogP contribution < -0.4 is 0 Å². The quantitative estimate of drug-likeness (QED) is 0.641. The van der Waals surface area contributed by atoms with Crippen molar-refractivity contribution in [3.63, 3.8) is 0 Å². The van der Waals surface area contributed by atoms with Crippen LogP contribution in [-0.2, 0) is 34.2 Å². The second-order valence-electron chi connectivity index (χ2n) is 1.65. The van der Waals surface area contributed by atoms with Crippen LogP contribution in [-0.4, -0.2) is 20.4 Å². The topological polar surface area (TPSA) is 51.2 Å². The monoisotopic (exact) mass is 359 g/mol. The Hall–Kier alpha value is -1.08. The fraction of sp³-hybridized carbons (Fsp3) is 0.100. The summed E-state index contributed by atoms with van der Waals surface area (Å²) in [5.41, 5.74) is 0. The van der Waals surface area contributed by atoms with Gasteiger partial charge in [-0.3, -0.25) is 14.4 Å². The van der Waals surface area contributed by atoms with E-state index in [1.165, 1.54) is 3.96 Å². The molecule has 0 saturated heterocycles. The van der Waals surface area contributed by atoms with Gasteiger partial charge in [0.05, 0.1) is 0 Å². The molecule has 0 aromatic heterocycles. The molecule has 6 radical (unpaired) electrons. The SMILES string of the molecule is [C]=O.[C]=O.[C]=O.[W][C]1=CC=CC=CC1. The Morgan fingerprint density at radius 1 is 0.929 bits per heavy atom. The van der Waals surface area contributed by atoms with Gasteiger partial charge in [0, 0.05) is 0 Å². The second-order valence-corrected chi connectivity index (χ2v) is 3.53. The Balaban J connectivity index is -0.000000174. The summed E-state index contributed by atoms with van der Waals surface area (Å²) < 4.78 is 1.51. The van der Waals surface area contributed by atoms with Crippen LogP contribution in [0.3, 0.4) is 0 Å². The van der Waals surface area contributed by atoms with E-state index in [9.17, 15) is 0 Å². The molecular weight excluding hydrogens is 352 g/mol. The van der Waals surface area contributed by atoms with E-state index in [1.807, 2.05) is 0 Å². The molecule has 4 heteroatoms. The van der Waals surface area contributed by atoms with Crippen molar-refractivity contribution >= 4 is 20.4 Å². The second kappa shape index (κ2) is 22.7. The molecule has 71 valence electrons. The maximum atomic E-state index is 7.50. The first-order chi connectivity index (χ1) is 6.89. The van der Waals surface area contributed by atoms with Crippen LogP contribution in [0.2, 0.25) is 0 Å². The summed E-state index contributed by atoms with van der Waals surface area (Å²) in [5, 5.41) is 0. The van der Waals surface area contributed by atoms with Crippen molar-refractivity contribution in [3.8, 4) is 0 Å². The van der Waals surface area contributed by atoms with E-state index in [0.717, 1.165) is 6.42 Å². The third-order valence-electron chi connectivity index (χ3n) is 0.959. The average molecular weight is 359 g/mol. The van der Waals surface area contributed by atoms with Crippen LogP contribution in [0, 0.1) is 0 Å². The molecule has 0 heterocycles. The number of rotatable bonds is 0. The molecule has 0 atom stereocenters. The molecule has 1 rings (SSSR count). The fourth-order valence-electron chi connectivity index (χ4n) is 0.558. The molecule has 1 aliphatic carbocycles. The summed E-state index contributed by atoms with van der Waals surface area (Å²) in [7, 11) is 0. The molecule has 0 saturated carbocycles. The molecule has 3 nitrogen and oxygen atoms in total. The minimum atomic E-state index is 1.14. The van der Waals surface area contributed by atoms with Crippen LogP contribution in [0.4, 0.5) is 0 Å². The standard InChI is InChI=1S/C7H7.3CO.W/c1-2-4-6-7-5-3-1;3*1-2;/h1-5H,6H2;;;;. The molecule has 0 amide bonds. The van der Waals surface area contributed by atoms with Crippen molar-refractivity contribution in [2.45, 2.75) is 6.42 Å². The molecule has 14 heavy (non-hydrogen) atoms. The first-order valence-electron chi connectivity index (χ1n) is 3.20. The Labute approximate surface area is 95.5 Å². The first kappa shape index (κ1) is 18.7. The normalized spacial score (nSPS) is 11.0. The third-order valence-corrected chi connectivity index (χ3v) is 2.05. The Kier molecular flexibility index (Phi) is 30.2. The summed E-state index contributed by atoms with van der Waals surface area (Å²) in [4.78, 5) is 22.5. The van der Waals surface area contributed by atoms with Gasteiger partial charge in [0.2, 0.25) is 0 Å². The zero-order valence-corrected chi connectivity index (χ0v) is 10.2. The van der Waals surface area contributed by atoms with Gasteiger partial charge in [0.25, 0.3) is 20.4 Å². The Bertz CT molecular complexity index is 193. The summed E-state index contributed by atoms with van der Waals surface area (Å²) in [6.07, 6.45) is 11.7. The van der Waals surface area contributed by atoms with Crippen LogP contribution >= 0.6 is 0 Å². The van der Waals surface area contributed by atoms with Gasteiger partial charge in [-0.15, -0.1) is 0 Å². The predicted octanol–water partition coefficient (Wildman–Crippen LogP) is 0.742. The number of allylic oxidation sites excluding steroid dienone is 6. The van der Waals surface area contributed by atoms with Crippen molar-refractivity contribution in [2.24, 2.45) is 0 Å². The van der Waals surface area contributed by atoms with Gasteiger partial charge in [-0.25, -0.2) is 0 Å². The van der Waals surface area contributed by atoms with Gasteiger partial charge >= 0.3 is 60.6 Å². The van der Waals surface area contributed by atoms with Crippen molar-refractivity contribution in [1.82, 2.24) is 0 Å². The first-order valence-corrected chi connectivity index (χ1v) is 4.67. The molecule has 0 unspecified atom stereocenters. The van der Waals surface area contributed by atoms with E-state index in [-0.39, 0.29) is 0 Å². The number of hydrogen-bond acceptors (Lipinski definition) is 3. The molecule has 0 fully saturated rings. The van der Waals surface area contributed by atoms with Crippen LogP contribution in [0.15, 0.2) is 34.3 Å². The van der Waals surface area contributed by atoms with E-state index in [4.69, 9.17) is 14.4 Å². The molecule has 0 N–H and O–H groups in total. The Morgan fingerprint density at radius 3 is 1.93 bits per heavy atom. The summed E-state index contributed by atoms with van der Waals surface area (Å²) in [6, 6.07) is 0. The van der Waals surface area contributed by atoms with Crippen molar-refractivity contribution in [1.29, 1.82) is 0 Å². The van der Waals surface area contributed by atoms with E-state index in [2.05, 4.69) is 50.7 Å². The van der Waals surface area contributed by atoms with Crippen LogP contribution in [0.5, 0.6) is 0 Å². The summed E-state index contributed by atoms with van der Waals surface area (Å²) in [6.45, 7) is 13.5. The zero-order valence-electron chi connectivity index (χ0n) is 7.23. The molecular formula is C10H7O3W. The van der Waals surface area contributed by atoms with Gasteiger partial charge in [0.1, 0.15) is 0 Å². The predicted molar refractivity (Wildman–Crippen MR) is 48.1 cm³/mol. The molecule has 0 spiro atoms. The van der Waals surface area contributed by atoms with Crippen molar-refractivity contribution in [3.05, 3.63) is 34.3 Å². The van der Waals surface area contributed by atoms with Crippen molar-refractivity contribution in [2.75, 3.05) is 0 Å². The van der Waals surface area contributed by atoms with Crippen molar-refractivity contribution < 1.29 is 34.2 Å². The minimum absolute atomic E-state index is 1.14. The van der Waals surface area contributed by atoms with Crippen LogP contribution in [0.25, 0.3) is 0 Å². The molecule has 0 bridgehead atoms.